The molecule has 1 aliphatic rings. The second-order valence-corrected chi connectivity index (χ2v) is 18.9. The van der Waals surface area contributed by atoms with Gasteiger partial charge in [-0.3, -0.25) is 4.79 Å². The summed E-state index contributed by atoms with van der Waals surface area (Å²) in [4.78, 5) is 13.1. The molecule has 0 aromatic rings. The molecule has 11 heteroatoms. The second kappa shape index (κ2) is 42.9. The van der Waals surface area contributed by atoms with E-state index in [1.807, 2.05) is 0 Å². The highest BCUT2D eigenvalue weighted by Gasteiger charge is 2.44. The fourth-order valence-corrected chi connectivity index (χ4v) is 8.55. The van der Waals surface area contributed by atoms with E-state index in [4.69, 9.17) is 9.47 Å². The minimum absolute atomic E-state index is 0.240. The first-order valence-corrected chi connectivity index (χ1v) is 26.7. The first-order valence-electron chi connectivity index (χ1n) is 26.7. The minimum atomic E-state index is -1.67. The lowest BCUT2D eigenvalue weighted by atomic mass is 9.98. The van der Waals surface area contributed by atoms with E-state index >= 15 is 0 Å². The standard InChI is InChI=1S/C53H101NO10/c1-3-5-7-9-11-13-15-16-17-18-19-20-21-22-23-24-25-26-27-28-29-31-32-34-36-38-40-45(56)48(58)44(43-63-53-51(61)50(60)49(59)47(42-55)64-53)54-52(62)46(57)41-39-37-35-33-30-14-12-10-8-6-4-2/h12,14,32,34,44-51,53,55-61H,3-11,13,15-31,33,35-43H2,1-2H3,(H,54,62)/b14-12-,34-32+. The van der Waals surface area contributed by atoms with Gasteiger partial charge in [-0.15, -0.1) is 0 Å². The molecule has 8 N–H and O–H groups in total. The van der Waals surface area contributed by atoms with Crippen molar-refractivity contribution in [1.29, 1.82) is 0 Å². The molecule has 0 radical (unpaired) electrons. The molecule has 378 valence electrons. The maximum absolute atomic E-state index is 13.1. The first-order chi connectivity index (χ1) is 31.2. The number of nitrogens with one attached hydrogen (secondary N) is 1. The number of unbranched alkanes of at least 4 members (excludes halogenated alkanes) is 29. The van der Waals surface area contributed by atoms with E-state index in [0.29, 0.717) is 12.8 Å². The molecule has 1 saturated heterocycles. The van der Waals surface area contributed by atoms with Gasteiger partial charge in [-0.05, 0) is 64.2 Å². The Hall–Kier alpha value is -1.41. The van der Waals surface area contributed by atoms with E-state index < -0.39 is 74.2 Å². The topological polar surface area (TPSA) is 189 Å². The van der Waals surface area contributed by atoms with Gasteiger partial charge in [-0.2, -0.15) is 0 Å². The average Bonchev–Trinajstić information content (AvgIpc) is 3.29. The number of allylic oxidation sites excluding steroid dienone is 4. The van der Waals surface area contributed by atoms with E-state index in [1.54, 1.807) is 0 Å². The number of hydrogen-bond donors (Lipinski definition) is 8. The van der Waals surface area contributed by atoms with Crippen LogP contribution in [0.3, 0.4) is 0 Å². The Kier molecular flexibility index (Phi) is 40.6. The van der Waals surface area contributed by atoms with Crippen molar-refractivity contribution in [2.45, 2.75) is 294 Å². The number of rotatable bonds is 45. The first kappa shape index (κ1) is 60.6. The van der Waals surface area contributed by atoms with Gasteiger partial charge < -0.3 is 50.5 Å². The lowest BCUT2D eigenvalue weighted by Gasteiger charge is -2.40. The van der Waals surface area contributed by atoms with Gasteiger partial charge in [0.2, 0.25) is 5.91 Å². The molecule has 0 aliphatic carbocycles. The van der Waals surface area contributed by atoms with Crippen molar-refractivity contribution in [1.82, 2.24) is 5.32 Å². The second-order valence-electron chi connectivity index (χ2n) is 18.9. The Labute approximate surface area is 391 Å². The van der Waals surface area contributed by atoms with E-state index in [1.165, 1.54) is 148 Å². The van der Waals surface area contributed by atoms with Crippen LogP contribution in [0.2, 0.25) is 0 Å². The number of amides is 1. The summed E-state index contributed by atoms with van der Waals surface area (Å²) in [5.74, 6) is -0.716. The Morgan fingerprint density at radius 2 is 0.922 bits per heavy atom. The van der Waals surface area contributed by atoms with Gasteiger partial charge in [0.25, 0.3) is 0 Å². The molecule has 9 unspecified atom stereocenters. The van der Waals surface area contributed by atoms with Crippen LogP contribution in [0.25, 0.3) is 0 Å². The van der Waals surface area contributed by atoms with Crippen LogP contribution in [0, 0.1) is 0 Å². The fourth-order valence-electron chi connectivity index (χ4n) is 8.55. The lowest BCUT2D eigenvalue weighted by Crippen LogP contribution is -2.60. The van der Waals surface area contributed by atoms with Crippen LogP contribution in [-0.4, -0.2) is 110 Å². The van der Waals surface area contributed by atoms with Crippen LogP contribution < -0.4 is 5.32 Å². The molecule has 1 rings (SSSR count). The zero-order chi connectivity index (χ0) is 46.9. The van der Waals surface area contributed by atoms with Gasteiger partial charge in [0.1, 0.15) is 36.6 Å². The molecule has 0 bridgehead atoms. The summed E-state index contributed by atoms with van der Waals surface area (Å²) < 4.78 is 11.1. The highest BCUT2D eigenvalue weighted by molar-refractivity contribution is 5.80. The summed E-state index contributed by atoms with van der Waals surface area (Å²) in [6.45, 7) is 3.40. The number of hydrogen-bond acceptors (Lipinski definition) is 10. The molecular formula is C53H101NO10. The van der Waals surface area contributed by atoms with Crippen LogP contribution >= 0.6 is 0 Å². The predicted molar refractivity (Wildman–Crippen MR) is 261 cm³/mol. The largest absolute Gasteiger partial charge is 0.394 e. The third-order valence-electron chi connectivity index (χ3n) is 13.0. The summed E-state index contributed by atoms with van der Waals surface area (Å²) in [5, 5.41) is 75.7. The molecule has 11 nitrogen and oxygen atoms in total. The smallest absolute Gasteiger partial charge is 0.249 e. The van der Waals surface area contributed by atoms with Gasteiger partial charge in [0.15, 0.2) is 6.29 Å². The maximum atomic E-state index is 13.1. The monoisotopic (exact) mass is 912 g/mol. The molecule has 64 heavy (non-hydrogen) atoms. The molecular weight excluding hydrogens is 811 g/mol. The molecule has 1 heterocycles. The van der Waals surface area contributed by atoms with Crippen LogP contribution in [0.1, 0.15) is 239 Å². The van der Waals surface area contributed by atoms with Crippen LogP contribution in [0.4, 0.5) is 0 Å². The summed E-state index contributed by atoms with van der Waals surface area (Å²) in [7, 11) is 0. The number of aliphatic hydroxyl groups excluding tert-OH is 7. The van der Waals surface area contributed by atoms with Gasteiger partial charge in [-0.25, -0.2) is 0 Å². The van der Waals surface area contributed by atoms with E-state index in [9.17, 15) is 40.5 Å². The Bertz CT molecular complexity index is 1090. The van der Waals surface area contributed by atoms with Crippen molar-refractivity contribution in [2.75, 3.05) is 13.2 Å². The van der Waals surface area contributed by atoms with Crippen LogP contribution in [0.5, 0.6) is 0 Å². The van der Waals surface area contributed by atoms with Crippen molar-refractivity contribution in [3.63, 3.8) is 0 Å². The van der Waals surface area contributed by atoms with Gasteiger partial charge in [0, 0.05) is 0 Å². The number of carbonyl (C=O) groups is 1. The van der Waals surface area contributed by atoms with Gasteiger partial charge in [0.05, 0.1) is 25.4 Å². The molecule has 0 spiro atoms. The normalized spacial score (nSPS) is 21.2. The third kappa shape index (κ3) is 31.5. The SMILES string of the molecule is CCCCC/C=C\CCCCCCC(O)C(=O)NC(COC1OC(CO)C(O)C(O)C1O)C(O)C(O)CCC/C=C/CCCCCCCCCCCCCCCCCCCCCCC. The van der Waals surface area contributed by atoms with Crippen molar-refractivity contribution in [2.24, 2.45) is 0 Å². The Morgan fingerprint density at radius 1 is 0.531 bits per heavy atom. The lowest BCUT2D eigenvalue weighted by molar-refractivity contribution is -0.303. The zero-order valence-corrected chi connectivity index (χ0v) is 41.0. The predicted octanol–water partition coefficient (Wildman–Crippen LogP) is 10.2. The minimum Gasteiger partial charge on any atom is -0.394 e. The third-order valence-corrected chi connectivity index (χ3v) is 13.0. The fraction of sp³-hybridized carbons (Fsp3) is 0.906. The number of ether oxygens (including phenoxy) is 2. The van der Waals surface area contributed by atoms with Crippen molar-refractivity contribution < 1.29 is 50.0 Å². The number of aliphatic hydroxyl groups is 7. The van der Waals surface area contributed by atoms with E-state index in [-0.39, 0.29) is 12.8 Å². The molecule has 1 fully saturated rings. The average molecular weight is 912 g/mol. The van der Waals surface area contributed by atoms with Gasteiger partial charge >= 0.3 is 0 Å². The summed E-state index contributed by atoms with van der Waals surface area (Å²) in [6, 6.07) is -1.19. The Morgan fingerprint density at radius 3 is 1.38 bits per heavy atom. The molecule has 0 aromatic carbocycles. The summed E-state index contributed by atoms with van der Waals surface area (Å²) >= 11 is 0. The zero-order valence-electron chi connectivity index (χ0n) is 41.0. The number of carbonyl (C=O) groups excluding carboxylic acids is 1. The van der Waals surface area contributed by atoms with Crippen LogP contribution in [-0.2, 0) is 14.3 Å². The van der Waals surface area contributed by atoms with Crippen LogP contribution in [0.15, 0.2) is 24.3 Å². The molecule has 1 aliphatic heterocycles. The maximum Gasteiger partial charge on any atom is 0.249 e. The highest BCUT2D eigenvalue weighted by Crippen LogP contribution is 2.23. The van der Waals surface area contributed by atoms with E-state index in [2.05, 4.69) is 43.5 Å². The van der Waals surface area contributed by atoms with Crippen molar-refractivity contribution in [3.8, 4) is 0 Å². The van der Waals surface area contributed by atoms with E-state index in [0.717, 1.165) is 51.4 Å². The summed E-state index contributed by atoms with van der Waals surface area (Å²) in [6.07, 6.45) is 38.3. The Balaban J connectivity index is 2.31. The molecule has 0 aromatic heterocycles. The molecule has 1 amide bonds. The summed E-state index contributed by atoms with van der Waals surface area (Å²) in [5.41, 5.74) is 0. The van der Waals surface area contributed by atoms with Crippen molar-refractivity contribution in [3.05, 3.63) is 24.3 Å². The molecule has 0 saturated carbocycles. The quantitative estimate of drug-likeness (QED) is 0.0216. The highest BCUT2D eigenvalue weighted by atomic mass is 16.7. The van der Waals surface area contributed by atoms with Gasteiger partial charge in [-0.1, -0.05) is 199 Å². The molecule has 9 atom stereocenters. The van der Waals surface area contributed by atoms with Crippen molar-refractivity contribution >= 4 is 5.91 Å².